The maximum Gasteiger partial charge on any atom is 0.165 e. The molecule has 2 rings (SSSR count). The van der Waals surface area contributed by atoms with Crippen LogP contribution in [0.4, 0.5) is 8.78 Å². The van der Waals surface area contributed by atoms with Gasteiger partial charge in [0, 0.05) is 11.6 Å². The lowest BCUT2D eigenvalue weighted by Gasteiger charge is -2.25. The average molecular weight is 277 g/mol. The monoisotopic (exact) mass is 277 g/mol. The van der Waals surface area contributed by atoms with Crippen LogP contribution in [0.5, 0.6) is 5.75 Å². The van der Waals surface area contributed by atoms with E-state index in [0.29, 0.717) is 12.0 Å². The first-order chi connectivity index (χ1) is 9.63. The molecule has 0 saturated carbocycles. The Balaban J connectivity index is 2.35. The number of nitrogens with two attached hydrogens (primary N) is 1. The van der Waals surface area contributed by atoms with Gasteiger partial charge in [-0.25, -0.2) is 8.78 Å². The second kappa shape index (κ2) is 6.48. The van der Waals surface area contributed by atoms with E-state index in [1.165, 1.54) is 18.2 Å². The molecule has 0 heterocycles. The van der Waals surface area contributed by atoms with Crippen LogP contribution in [0.2, 0.25) is 0 Å². The Hall–Kier alpha value is -1.94. The van der Waals surface area contributed by atoms with E-state index in [9.17, 15) is 8.78 Å². The van der Waals surface area contributed by atoms with E-state index in [2.05, 4.69) is 0 Å². The van der Waals surface area contributed by atoms with E-state index >= 15 is 0 Å². The maximum absolute atomic E-state index is 13.9. The highest BCUT2D eigenvalue weighted by molar-refractivity contribution is 5.27. The molecule has 0 aromatic heterocycles. The molecule has 0 fully saturated rings. The van der Waals surface area contributed by atoms with Gasteiger partial charge in [-0.05, 0) is 24.6 Å². The summed E-state index contributed by atoms with van der Waals surface area (Å²) in [5.41, 5.74) is 6.34. The first kappa shape index (κ1) is 14.5. The van der Waals surface area contributed by atoms with Gasteiger partial charge >= 0.3 is 0 Å². The van der Waals surface area contributed by atoms with E-state index in [1.54, 1.807) is 30.3 Å². The van der Waals surface area contributed by atoms with Gasteiger partial charge in [-0.3, -0.25) is 0 Å². The normalized spacial score (nSPS) is 13.8. The summed E-state index contributed by atoms with van der Waals surface area (Å²) >= 11 is 0. The van der Waals surface area contributed by atoms with Crippen molar-refractivity contribution in [1.82, 2.24) is 0 Å². The molecule has 0 bridgehead atoms. The van der Waals surface area contributed by atoms with Gasteiger partial charge in [0.15, 0.2) is 11.6 Å². The quantitative estimate of drug-likeness (QED) is 0.901. The predicted molar refractivity (Wildman–Crippen MR) is 74.4 cm³/mol. The summed E-state index contributed by atoms with van der Waals surface area (Å²) in [4.78, 5) is 0. The largest absolute Gasteiger partial charge is 0.481 e. The molecule has 0 saturated heterocycles. The van der Waals surface area contributed by atoms with Crippen LogP contribution in [0.15, 0.2) is 48.5 Å². The fraction of sp³-hybridized carbons (Fsp3) is 0.250. The van der Waals surface area contributed by atoms with Crippen LogP contribution in [0.1, 0.15) is 25.0 Å². The molecule has 0 aliphatic heterocycles. The number of halogens is 2. The van der Waals surface area contributed by atoms with Gasteiger partial charge in [0.05, 0.1) is 0 Å². The zero-order valence-electron chi connectivity index (χ0n) is 11.2. The predicted octanol–water partition coefficient (Wildman–Crippen LogP) is 3.82. The third kappa shape index (κ3) is 3.14. The van der Waals surface area contributed by atoms with Gasteiger partial charge in [-0.15, -0.1) is 0 Å². The molecule has 0 amide bonds. The van der Waals surface area contributed by atoms with Gasteiger partial charge in [0.2, 0.25) is 0 Å². The van der Waals surface area contributed by atoms with Crippen molar-refractivity contribution in [2.75, 3.05) is 0 Å². The summed E-state index contributed by atoms with van der Waals surface area (Å²) in [5.74, 6) is -0.820. The zero-order valence-corrected chi connectivity index (χ0v) is 11.2. The standard InChI is InChI=1S/C16H17F2NO/c1-2-14(19)16(11-7-3-4-8-12(11)17)20-15-10-6-5-9-13(15)18/h3-10,14,16H,2,19H2,1H3. The molecular weight excluding hydrogens is 260 g/mol. The van der Waals surface area contributed by atoms with Crippen LogP contribution in [0.3, 0.4) is 0 Å². The Bertz CT molecular complexity index is 574. The molecule has 106 valence electrons. The number of ether oxygens (including phenoxy) is 1. The highest BCUT2D eigenvalue weighted by atomic mass is 19.1. The average Bonchev–Trinajstić information content (AvgIpc) is 2.47. The van der Waals surface area contributed by atoms with Crippen LogP contribution in [0, 0.1) is 11.6 Å². The van der Waals surface area contributed by atoms with Crippen LogP contribution in [-0.4, -0.2) is 6.04 Å². The van der Waals surface area contributed by atoms with Crippen LogP contribution < -0.4 is 10.5 Å². The number of benzene rings is 2. The third-order valence-corrected chi connectivity index (χ3v) is 3.16. The van der Waals surface area contributed by atoms with Gasteiger partial charge in [0.25, 0.3) is 0 Å². The van der Waals surface area contributed by atoms with Crippen LogP contribution in [0.25, 0.3) is 0 Å². The summed E-state index contributed by atoms with van der Waals surface area (Å²) < 4.78 is 33.2. The van der Waals surface area contributed by atoms with Crippen LogP contribution in [-0.2, 0) is 0 Å². The fourth-order valence-electron chi connectivity index (χ4n) is 1.98. The summed E-state index contributed by atoms with van der Waals surface area (Å²) in [6, 6.07) is 11.9. The molecule has 2 nitrogen and oxygen atoms in total. The SMILES string of the molecule is CCC(N)C(Oc1ccccc1F)c1ccccc1F. The zero-order chi connectivity index (χ0) is 14.5. The molecule has 2 unspecified atom stereocenters. The Kier molecular flexibility index (Phi) is 4.69. The molecular formula is C16H17F2NO. The van der Waals surface area contributed by atoms with Crippen molar-refractivity contribution in [2.24, 2.45) is 5.73 Å². The van der Waals surface area contributed by atoms with E-state index in [-0.39, 0.29) is 5.75 Å². The van der Waals surface area contributed by atoms with Crippen molar-refractivity contribution in [2.45, 2.75) is 25.5 Å². The summed E-state index contributed by atoms with van der Waals surface area (Å²) in [7, 11) is 0. The lowest BCUT2D eigenvalue weighted by molar-refractivity contribution is 0.159. The van der Waals surface area contributed by atoms with Gasteiger partial charge in [-0.1, -0.05) is 37.3 Å². The minimum absolute atomic E-state index is 0.0738. The van der Waals surface area contributed by atoms with Crippen LogP contribution >= 0.6 is 0 Å². The second-order valence-corrected chi connectivity index (χ2v) is 4.56. The van der Waals surface area contributed by atoms with Crippen molar-refractivity contribution >= 4 is 0 Å². The lowest BCUT2D eigenvalue weighted by Crippen LogP contribution is -2.32. The molecule has 0 radical (unpaired) electrons. The van der Waals surface area contributed by atoms with E-state index < -0.39 is 23.8 Å². The Morgan fingerprint density at radius 1 is 1.00 bits per heavy atom. The first-order valence-corrected chi connectivity index (χ1v) is 6.54. The highest BCUT2D eigenvalue weighted by Gasteiger charge is 2.24. The Labute approximate surface area is 117 Å². The number of para-hydroxylation sites is 1. The van der Waals surface area contributed by atoms with Crippen molar-refractivity contribution in [3.63, 3.8) is 0 Å². The van der Waals surface area contributed by atoms with Crippen molar-refractivity contribution in [3.8, 4) is 5.75 Å². The number of hydrogen-bond acceptors (Lipinski definition) is 2. The molecule has 2 aromatic carbocycles. The van der Waals surface area contributed by atoms with Gasteiger partial charge in [0.1, 0.15) is 11.9 Å². The molecule has 2 N–H and O–H groups in total. The molecule has 2 aromatic rings. The smallest absolute Gasteiger partial charge is 0.165 e. The molecule has 0 aliphatic carbocycles. The molecule has 4 heteroatoms. The van der Waals surface area contributed by atoms with Crippen molar-refractivity contribution in [3.05, 3.63) is 65.7 Å². The Morgan fingerprint density at radius 3 is 2.20 bits per heavy atom. The Morgan fingerprint density at radius 2 is 1.60 bits per heavy atom. The minimum atomic E-state index is -0.724. The minimum Gasteiger partial charge on any atom is -0.481 e. The van der Waals surface area contributed by atoms with Gasteiger partial charge < -0.3 is 10.5 Å². The lowest BCUT2D eigenvalue weighted by atomic mass is 10.00. The van der Waals surface area contributed by atoms with E-state index in [4.69, 9.17) is 10.5 Å². The van der Waals surface area contributed by atoms with E-state index in [0.717, 1.165) is 0 Å². The summed E-state index contributed by atoms with van der Waals surface area (Å²) in [6.07, 6.45) is -0.133. The molecule has 0 aliphatic rings. The second-order valence-electron chi connectivity index (χ2n) is 4.56. The summed E-state index contributed by atoms with van der Waals surface area (Å²) in [5, 5.41) is 0. The molecule has 0 spiro atoms. The number of rotatable bonds is 5. The molecule has 20 heavy (non-hydrogen) atoms. The first-order valence-electron chi connectivity index (χ1n) is 6.54. The summed E-state index contributed by atoms with van der Waals surface area (Å²) in [6.45, 7) is 1.88. The van der Waals surface area contributed by atoms with Crippen molar-refractivity contribution < 1.29 is 13.5 Å². The third-order valence-electron chi connectivity index (χ3n) is 3.16. The maximum atomic E-state index is 13.9. The topological polar surface area (TPSA) is 35.2 Å². The van der Waals surface area contributed by atoms with Gasteiger partial charge in [-0.2, -0.15) is 0 Å². The fourth-order valence-corrected chi connectivity index (χ4v) is 1.98. The van der Waals surface area contributed by atoms with E-state index in [1.807, 2.05) is 6.92 Å². The molecule has 2 atom stereocenters. The highest BCUT2D eigenvalue weighted by Crippen LogP contribution is 2.28. The van der Waals surface area contributed by atoms with Crippen molar-refractivity contribution in [1.29, 1.82) is 0 Å². The number of hydrogen-bond donors (Lipinski definition) is 1.